The van der Waals surface area contributed by atoms with Crippen molar-refractivity contribution in [3.8, 4) is 0 Å². The minimum absolute atomic E-state index is 0.137. The van der Waals surface area contributed by atoms with E-state index in [9.17, 15) is 9.59 Å². The predicted octanol–water partition coefficient (Wildman–Crippen LogP) is 1.63. The largest absolute Gasteiger partial charge is 0.294 e. The second kappa shape index (κ2) is 5.07. The lowest BCUT2D eigenvalue weighted by Crippen LogP contribution is -2.63. The Labute approximate surface area is 120 Å². The molecule has 2 heterocycles. The van der Waals surface area contributed by atoms with Gasteiger partial charge in [-0.25, -0.2) is 4.98 Å². The zero-order valence-electron chi connectivity index (χ0n) is 10.5. The van der Waals surface area contributed by atoms with Gasteiger partial charge >= 0.3 is 0 Å². The normalized spacial score (nSPS) is 19.4. The molecule has 0 aromatic carbocycles. The van der Waals surface area contributed by atoms with Crippen molar-refractivity contribution in [2.24, 2.45) is 0 Å². The molecule has 1 aromatic rings. The Morgan fingerprint density at radius 3 is 2.68 bits per heavy atom. The molecule has 1 aromatic heterocycles. The van der Waals surface area contributed by atoms with Crippen LogP contribution in [-0.4, -0.2) is 33.8 Å². The van der Waals surface area contributed by atoms with Crippen LogP contribution in [0.15, 0.2) is 12.1 Å². The number of rotatable bonds is 2. The number of imide groups is 1. The first-order valence-corrected chi connectivity index (χ1v) is 6.46. The zero-order chi connectivity index (χ0) is 14.2. The lowest BCUT2D eigenvalue weighted by Gasteiger charge is -2.40. The van der Waals surface area contributed by atoms with Crippen LogP contribution in [0, 0.1) is 0 Å². The molecule has 1 aliphatic rings. The summed E-state index contributed by atoms with van der Waals surface area (Å²) in [6.07, 6.45) is 0. The minimum Gasteiger partial charge on any atom is -0.294 e. The number of aromatic nitrogens is 1. The van der Waals surface area contributed by atoms with Crippen LogP contribution < -0.4 is 5.32 Å². The lowest BCUT2D eigenvalue weighted by molar-refractivity contribution is -0.145. The second-order valence-electron chi connectivity index (χ2n) is 4.88. The van der Waals surface area contributed by atoms with E-state index in [0.717, 1.165) is 5.56 Å². The monoisotopic (exact) mass is 301 g/mol. The van der Waals surface area contributed by atoms with Crippen LogP contribution in [-0.2, 0) is 16.1 Å². The molecule has 7 heteroatoms. The van der Waals surface area contributed by atoms with Gasteiger partial charge in [-0.3, -0.25) is 19.8 Å². The third kappa shape index (κ3) is 2.88. The maximum absolute atomic E-state index is 11.8. The summed E-state index contributed by atoms with van der Waals surface area (Å²) in [5.41, 5.74) is -0.0571. The molecule has 2 amide bonds. The standard InChI is InChI=1S/C12H13Cl2N3O2/c1-12(2)11(19)16-9(18)6-17(12)5-7-3-4-8(13)15-10(7)14/h3-4H,5-6H2,1-2H3,(H,16,18,19). The summed E-state index contributed by atoms with van der Waals surface area (Å²) in [6, 6.07) is 3.37. The molecule has 2 rings (SSSR count). The van der Waals surface area contributed by atoms with E-state index in [0.29, 0.717) is 11.7 Å². The fourth-order valence-corrected chi connectivity index (χ4v) is 2.26. The molecule has 0 spiro atoms. The van der Waals surface area contributed by atoms with E-state index in [1.54, 1.807) is 30.9 Å². The minimum atomic E-state index is -0.781. The van der Waals surface area contributed by atoms with Crippen LogP contribution in [0.3, 0.4) is 0 Å². The highest BCUT2D eigenvalue weighted by Gasteiger charge is 2.40. The Bertz CT molecular complexity index is 546. The van der Waals surface area contributed by atoms with Crippen molar-refractivity contribution < 1.29 is 9.59 Å². The maximum atomic E-state index is 11.8. The van der Waals surface area contributed by atoms with Crippen molar-refractivity contribution in [3.63, 3.8) is 0 Å². The van der Waals surface area contributed by atoms with Gasteiger partial charge in [-0.05, 0) is 19.9 Å². The van der Waals surface area contributed by atoms with Gasteiger partial charge in [-0.1, -0.05) is 29.3 Å². The van der Waals surface area contributed by atoms with Crippen LogP contribution >= 0.6 is 23.2 Å². The summed E-state index contributed by atoms with van der Waals surface area (Å²) in [5, 5.41) is 2.91. The Balaban J connectivity index is 2.25. The van der Waals surface area contributed by atoms with Crippen molar-refractivity contribution in [1.29, 1.82) is 0 Å². The molecule has 0 unspecified atom stereocenters. The van der Waals surface area contributed by atoms with E-state index in [-0.39, 0.29) is 23.5 Å². The van der Waals surface area contributed by atoms with E-state index in [1.165, 1.54) is 0 Å². The van der Waals surface area contributed by atoms with Gasteiger partial charge in [0, 0.05) is 12.1 Å². The molecular formula is C12H13Cl2N3O2. The van der Waals surface area contributed by atoms with Crippen LogP contribution in [0.1, 0.15) is 19.4 Å². The zero-order valence-corrected chi connectivity index (χ0v) is 12.0. The average molecular weight is 302 g/mol. The number of nitrogens with zero attached hydrogens (tertiary/aromatic N) is 2. The molecule has 0 radical (unpaired) electrons. The maximum Gasteiger partial charge on any atom is 0.246 e. The van der Waals surface area contributed by atoms with E-state index >= 15 is 0 Å². The molecule has 1 aliphatic heterocycles. The van der Waals surface area contributed by atoms with Crippen molar-refractivity contribution in [1.82, 2.24) is 15.2 Å². The van der Waals surface area contributed by atoms with Crippen molar-refractivity contribution in [3.05, 3.63) is 28.0 Å². The Kier molecular flexibility index (Phi) is 3.80. The number of piperazine rings is 1. The highest BCUT2D eigenvalue weighted by molar-refractivity contribution is 6.32. The van der Waals surface area contributed by atoms with Gasteiger partial charge < -0.3 is 0 Å². The molecule has 1 saturated heterocycles. The smallest absolute Gasteiger partial charge is 0.246 e. The Morgan fingerprint density at radius 2 is 2.05 bits per heavy atom. The SMILES string of the molecule is CC1(C)C(=O)NC(=O)CN1Cc1ccc(Cl)nc1Cl. The molecule has 0 saturated carbocycles. The van der Waals surface area contributed by atoms with Crippen molar-refractivity contribution >= 4 is 35.0 Å². The first kappa shape index (κ1) is 14.2. The van der Waals surface area contributed by atoms with Gasteiger partial charge in [0.15, 0.2) is 0 Å². The summed E-state index contributed by atoms with van der Waals surface area (Å²) in [4.78, 5) is 29.0. The lowest BCUT2D eigenvalue weighted by atomic mass is 9.98. The summed E-state index contributed by atoms with van der Waals surface area (Å²) >= 11 is 11.7. The van der Waals surface area contributed by atoms with Gasteiger partial charge in [-0.2, -0.15) is 0 Å². The fraction of sp³-hybridized carbons (Fsp3) is 0.417. The summed E-state index contributed by atoms with van der Waals surface area (Å²) in [5.74, 6) is -0.635. The Hall–Kier alpha value is -1.17. The Morgan fingerprint density at radius 1 is 1.37 bits per heavy atom. The molecule has 0 bridgehead atoms. The molecule has 1 N–H and O–H groups in total. The topological polar surface area (TPSA) is 62.3 Å². The fourth-order valence-electron chi connectivity index (χ4n) is 1.85. The van der Waals surface area contributed by atoms with E-state index in [4.69, 9.17) is 23.2 Å². The second-order valence-corrected chi connectivity index (χ2v) is 5.62. The number of nitrogens with one attached hydrogen (secondary N) is 1. The first-order valence-electron chi connectivity index (χ1n) is 5.71. The molecule has 0 aliphatic carbocycles. The summed E-state index contributed by atoms with van der Waals surface area (Å²) in [7, 11) is 0. The van der Waals surface area contributed by atoms with Crippen LogP contribution in [0.25, 0.3) is 0 Å². The van der Waals surface area contributed by atoms with Gasteiger partial charge in [0.1, 0.15) is 10.3 Å². The number of pyridine rings is 1. The van der Waals surface area contributed by atoms with Crippen LogP contribution in [0.2, 0.25) is 10.3 Å². The van der Waals surface area contributed by atoms with Gasteiger partial charge in [0.2, 0.25) is 11.8 Å². The van der Waals surface area contributed by atoms with E-state index in [1.807, 2.05) is 0 Å². The number of amides is 2. The molecule has 19 heavy (non-hydrogen) atoms. The molecule has 1 fully saturated rings. The molecule has 5 nitrogen and oxygen atoms in total. The number of carbonyl (C=O) groups excluding carboxylic acids is 2. The third-order valence-corrected chi connectivity index (χ3v) is 3.72. The highest BCUT2D eigenvalue weighted by atomic mass is 35.5. The van der Waals surface area contributed by atoms with Crippen LogP contribution in [0.4, 0.5) is 0 Å². The summed E-state index contributed by atoms with van der Waals surface area (Å²) < 4.78 is 0. The molecule has 102 valence electrons. The van der Waals surface area contributed by atoms with E-state index < -0.39 is 5.54 Å². The van der Waals surface area contributed by atoms with Crippen LogP contribution in [0.5, 0.6) is 0 Å². The first-order chi connectivity index (χ1) is 8.80. The van der Waals surface area contributed by atoms with E-state index in [2.05, 4.69) is 10.3 Å². The highest BCUT2D eigenvalue weighted by Crippen LogP contribution is 2.24. The van der Waals surface area contributed by atoms with Gasteiger partial charge in [-0.15, -0.1) is 0 Å². The molecule has 0 atom stereocenters. The summed E-state index contributed by atoms with van der Waals surface area (Å²) in [6.45, 7) is 4.00. The van der Waals surface area contributed by atoms with Crippen molar-refractivity contribution in [2.45, 2.75) is 25.9 Å². The quantitative estimate of drug-likeness (QED) is 0.666. The number of carbonyl (C=O) groups is 2. The third-order valence-electron chi connectivity index (χ3n) is 3.19. The molecular weight excluding hydrogens is 289 g/mol. The predicted molar refractivity (Wildman–Crippen MR) is 71.9 cm³/mol. The number of halogens is 2. The number of hydrogen-bond acceptors (Lipinski definition) is 4. The van der Waals surface area contributed by atoms with Crippen molar-refractivity contribution in [2.75, 3.05) is 6.54 Å². The van der Waals surface area contributed by atoms with Gasteiger partial charge in [0.25, 0.3) is 0 Å². The average Bonchev–Trinajstić information content (AvgIpc) is 2.29. The number of hydrogen-bond donors (Lipinski definition) is 1. The van der Waals surface area contributed by atoms with Gasteiger partial charge in [0.05, 0.1) is 12.1 Å².